The van der Waals surface area contributed by atoms with Gasteiger partial charge in [-0.25, -0.2) is 0 Å². The fourth-order valence-corrected chi connectivity index (χ4v) is 5.86. The van der Waals surface area contributed by atoms with Gasteiger partial charge in [-0.1, -0.05) is 64.1 Å². The normalized spacial score (nSPS) is 20.7. The highest BCUT2D eigenvalue weighted by molar-refractivity contribution is 7.99. The summed E-state index contributed by atoms with van der Waals surface area (Å²) >= 11 is 1.95. The van der Waals surface area contributed by atoms with Crippen LogP contribution in [-0.4, -0.2) is 43.5 Å². The molecule has 1 saturated heterocycles. The molecule has 172 valence electrons. The van der Waals surface area contributed by atoms with Gasteiger partial charge in [-0.3, -0.25) is 4.90 Å². The predicted molar refractivity (Wildman–Crippen MR) is 140 cm³/mol. The Morgan fingerprint density at radius 1 is 0.938 bits per heavy atom. The highest BCUT2D eigenvalue weighted by Gasteiger charge is 2.36. The van der Waals surface area contributed by atoms with Gasteiger partial charge >= 0.3 is 0 Å². The minimum Gasteiger partial charge on any atom is -0.379 e. The summed E-state index contributed by atoms with van der Waals surface area (Å²) in [6, 6.07) is 16.2. The molecule has 32 heavy (non-hydrogen) atoms. The average molecular weight is 450 g/mol. The maximum atomic E-state index is 5.43. The monoisotopic (exact) mass is 449 g/mol. The quantitative estimate of drug-likeness (QED) is 0.347. The van der Waals surface area contributed by atoms with Gasteiger partial charge in [-0.2, -0.15) is 0 Å². The van der Waals surface area contributed by atoms with Crippen LogP contribution in [0, 0.1) is 0 Å². The van der Waals surface area contributed by atoms with E-state index in [4.69, 9.17) is 4.74 Å². The summed E-state index contributed by atoms with van der Waals surface area (Å²) in [6.07, 6.45) is 4.84. The topological polar surface area (TPSA) is 12.5 Å². The number of morpholine rings is 1. The van der Waals surface area contributed by atoms with Crippen LogP contribution >= 0.6 is 11.8 Å². The van der Waals surface area contributed by atoms with E-state index >= 15 is 0 Å². The molecule has 0 spiro atoms. The van der Waals surface area contributed by atoms with Crippen LogP contribution in [0.4, 0.5) is 0 Å². The number of hydrogen-bond donors (Lipinski definition) is 0. The molecule has 0 amide bonds. The van der Waals surface area contributed by atoms with E-state index in [0.29, 0.717) is 0 Å². The first-order chi connectivity index (χ1) is 15.2. The van der Waals surface area contributed by atoms with Crippen molar-refractivity contribution in [2.45, 2.75) is 63.2 Å². The smallest absolute Gasteiger partial charge is 0.0594 e. The minimum absolute atomic E-state index is 0.251. The average Bonchev–Trinajstić information content (AvgIpc) is 2.79. The van der Waals surface area contributed by atoms with Crippen LogP contribution in [0.25, 0.3) is 11.6 Å². The van der Waals surface area contributed by atoms with Gasteiger partial charge in [0.15, 0.2) is 0 Å². The highest BCUT2D eigenvalue weighted by Crippen LogP contribution is 2.46. The lowest BCUT2D eigenvalue weighted by molar-refractivity contribution is 0.0410. The molecule has 1 aliphatic carbocycles. The lowest BCUT2D eigenvalue weighted by Crippen LogP contribution is -2.37. The number of fused-ring (bicyclic) bond motifs is 1. The van der Waals surface area contributed by atoms with E-state index < -0.39 is 0 Å². The Labute approximate surface area is 199 Å². The van der Waals surface area contributed by atoms with E-state index in [1.807, 2.05) is 11.8 Å². The van der Waals surface area contributed by atoms with Gasteiger partial charge in [-0.15, -0.1) is 11.8 Å². The molecule has 2 nitrogen and oxygen atoms in total. The van der Waals surface area contributed by atoms with E-state index in [1.165, 1.54) is 45.6 Å². The molecule has 0 saturated carbocycles. The molecule has 0 N–H and O–H groups in total. The van der Waals surface area contributed by atoms with Crippen molar-refractivity contribution >= 4 is 23.4 Å². The number of thioether (sulfide) groups is 1. The molecule has 1 aliphatic heterocycles. The summed E-state index contributed by atoms with van der Waals surface area (Å²) in [4.78, 5) is 3.85. The van der Waals surface area contributed by atoms with Crippen molar-refractivity contribution in [3.05, 3.63) is 64.7 Å². The Kier molecular flexibility index (Phi) is 7.19. The summed E-state index contributed by atoms with van der Waals surface area (Å²) in [5.74, 6) is 1.13. The van der Waals surface area contributed by atoms with Crippen molar-refractivity contribution in [2.75, 3.05) is 38.6 Å². The number of rotatable bonds is 6. The Balaban J connectivity index is 1.42. The minimum atomic E-state index is 0.251. The van der Waals surface area contributed by atoms with Crippen LogP contribution in [0.5, 0.6) is 0 Å². The van der Waals surface area contributed by atoms with Crippen molar-refractivity contribution in [3.63, 3.8) is 0 Å². The van der Waals surface area contributed by atoms with Crippen LogP contribution in [0.3, 0.4) is 0 Å². The van der Waals surface area contributed by atoms with Crippen LogP contribution < -0.4 is 0 Å². The number of ether oxygens (including phenoxy) is 1. The maximum Gasteiger partial charge on any atom is 0.0594 e. The molecular formula is C29H39NOS. The summed E-state index contributed by atoms with van der Waals surface area (Å²) in [7, 11) is 0. The molecule has 0 unspecified atom stereocenters. The lowest BCUT2D eigenvalue weighted by Gasteiger charge is -2.42. The Morgan fingerprint density at radius 3 is 2.28 bits per heavy atom. The predicted octanol–water partition coefficient (Wildman–Crippen LogP) is 7.02. The number of benzene rings is 2. The van der Waals surface area contributed by atoms with E-state index in [-0.39, 0.29) is 10.8 Å². The second-order valence-corrected chi connectivity index (χ2v) is 11.9. The van der Waals surface area contributed by atoms with Crippen molar-refractivity contribution in [1.29, 1.82) is 0 Å². The molecule has 3 heteroatoms. The second kappa shape index (κ2) is 9.75. The Bertz CT molecular complexity index is 952. The van der Waals surface area contributed by atoms with Crippen molar-refractivity contribution in [2.24, 2.45) is 0 Å². The molecular weight excluding hydrogens is 410 g/mol. The van der Waals surface area contributed by atoms with Crippen LogP contribution in [0.2, 0.25) is 0 Å². The third-order valence-corrected chi connectivity index (χ3v) is 8.34. The molecule has 0 aromatic heterocycles. The van der Waals surface area contributed by atoms with Crippen molar-refractivity contribution in [1.82, 2.24) is 4.90 Å². The zero-order chi connectivity index (χ0) is 22.8. The summed E-state index contributed by atoms with van der Waals surface area (Å²) in [5.41, 5.74) is 7.54. The van der Waals surface area contributed by atoms with Gasteiger partial charge in [-0.05, 0) is 70.6 Å². The first-order valence-corrected chi connectivity index (χ1v) is 13.1. The van der Waals surface area contributed by atoms with Gasteiger partial charge in [0.2, 0.25) is 0 Å². The molecule has 4 rings (SSSR count). The van der Waals surface area contributed by atoms with Crippen LogP contribution in [0.1, 0.15) is 69.7 Å². The first-order valence-electron chi connectivity index (χ1n) is 12.1. The number of allylic oxidation sites excluding steroid dienone is 1. The molecule has 2 aromatic rings. The van der Waals surface area contributed by atoms with Crippen LogP contribution in [-0.2, 0) is 15.6 Å². The van der Waals surface area contributed by atoms with E-state index in [0.717, 1.165) is 38.6 Å². The standard InChI is InChI=1S/C29H39NOS/c1-22(24-8-11-26-27(21-24)29(4,5)13-12-28(26,2)3)20-23-6-9-25(10-7-23)32-19-16-30-14-17-31-18-15-30/h6-11,20-21H,12-19H2,1-5H3/b22-20+. The van der Waals surface area contributed by atoms with Gasteiger partial charge in [0.1, 0.15) is 0 Å². The van der Waals surface area contributed by atoms with E-state index in [2.05, 4.69) is 88.1 Å². The van der Waals surface area contributed by atoms with Gasteiger partial charge < -0.3 is 4.74 Å². The molecule has 0 radical (unpaired) electrons. The second-order valence-electron chi connectivity index (χ2n) is 10.7. The van der Waals surface area contributed by atoms with Gasteiger partial charge in [0, 0.05) is 30.3 Å². The number of nitrogens with zero attached hydrogens (tertiary/aromatic N) is 1. The van der Waals surface area contributed by atoms with Crippen molar-refractivity contribution in [3.8, 4) is 0 Å². The maximum absolute atomic E-state index is 5.43. The fraction of sp³-hybridized carbons (Fsp3) is 0.517. The first kappa shape index (κ1) is 23.6. The zero-order valence-electron chi connectivity index (χ0n) is 20.5. The highest BCUT2D eigenvalue weighted by atomic mass is 32.2. The third-order valence-electron chi connectivity index (χ3n) is 7.35. The lowest BCUT2D eigenvalue weighted by atomic mass is 9.63. The molecule has 1 fully saturated rings. The largest absolute Gasteiger partial charge is 0.379 e. The summed E-state index contributed by atoms with van der Waals surface area (Å²) < 4.78 is 5.43. The van der Waals surface area contributed by atoms with E-state index in [1.54, 1.807) is 0 Å². The Hall–Kier alpha value is -1.55. The number of hydrogen-bond acceptors (Lipinski definition) is 3. The summed E-state index contributed by atoms with van der Waals surface area (Å²) in [5, 5.41) is 0. The Morgan fingerprint density at radius 2 is 1.59 bits per heavy atom. The molecule has 1 heterocycles. The molecule has 2 aliphatic rings. The van der Waals surface area contributed by atoms with Crippen molar-refractivity contribution < 1.29 is 4.74 Å². The molecule has 2 aromatic carbocycles. The molecule has 0 atom stereocenters. The fourth-order valence-electron chi connectivity index (χ4n) is 4.94. The molecule has 0 bridgehead atoms. The SMILES string of the molecule is C/C(=C\c1ccc(SCCN2CCOCC2)cc1)c1ccc2c(c1)C(C)(C)CCC2(C)C. The third kappa shape index (κ3) is 5.50. The van der Waals surface area contributed by atoms with Gasteiger partial charge in [0.25, 0.3) is 0 Å². The van der Waals surface area contributed by atoms with Gasteiger partial charge in [0.05, 0.1) is 13.2 Å². The van der Waals surface area contributed by atoms with E-state index in [9.17, 15) is 0 Å². The van der Waals surface area contributed by atoms with Crippen LogP contribution in [0.15, 0.2) is 47.4 Å². The zero-order valence-corrected chi connectivity index (χ0v) is 21.4. The summed E-state index contributed by atoms with van der Waals surface area (Å²) in [6.45, 7) is 16.9.